The highest BCUT2D eigenvalue weighted by Gasteiger charge is 2.16. The van der Waals surface area contributed by atoms with Crippen molar-refractivity contribution in [2.24, 2.45) is 0 Å². The first kappa shape index (κ1) is 11.8. The normalized spacial score (nSPS) is 12.1. The first-order valence-electron chi connectivity index (χ1n) is 5.45. The van der Waals surface area contributed by atoms with Gasteiger partial charge in [-0.15, -0.1) is 0 Å². The number of halogens is 1. The Morgan fingerprint density at radius 1 is 1.12 bits per heavy atom. The molecule has 0 bridgehead atoms. The predicted molar refractivity (Wildman–Crippen MR) is 77.9 cm³/mol. The van der Waals surface area contributed by atoms with E-state index in [1.807, 2.05) is 0 Å². The third kappa shape index (κ3) is 2.21. The Morgan fingerprint density at radius 3 is 2.44 bits per heavy atom. The van der Waals surface area contributed by atoms with Gasteiger partial charge in [0.05, 0.1) is 5.52 Å². The van der Waals surface area contributed by atoms with Gasteiger partial charge in [0.1, 0.15) is 0 Å². The van der Waals surface area contributed by atoms with Crippen LogP contribution in [0.4, 0.5) is 0 Å². The summed E-state index contributed by atoms with van der Waals surface area (Å²) in [5, 5.41) is 1.26. The number of hydrogen-bond acceptors (Lipinski definition) is 1. The van der Waals surface area contributed by atoms with Crippen molar-refractivity contribution in [1.29, 1.82) is 0 Å². The lowest BCUT2D eigenvalue weighted by Crippen LogP contribution is -2.13. The predicted octanol–water partition coefficient (Wildman–Crippen LogP) is 4.45. The van der Waals surface area contributed by atoms with E-state index in [1.165, 1.54) is 20.2 Å². The second kappa shape index (κ2) is 3.99. The summed E-state index contributed by atoms with van der Waals surface area (Å²) in [5.41, 5.74) is 3.69. The molecule has 0 aliphatic carbocycles. The monoisotopic (exact) mass is 325 g/mol. The second-order valence-corrected chi connectivity index (χ2v) is 6.48. The smallest absolute Gasteiger partial charge is 0.0708 e. The van der Waals surface area contributed by atoms with E-state index in [1.54, 1.807) is 0 Å². The first-order valence-corrected chi connectivity index (χ1v) is 6.53. The number of fused-ring (bicyclic) bond motifs is 1. The Labute approximate surface area is 110 Å². The SMILES string of the molecule is Cc1cc(C(C)(C)C)nc2ccc(I)cc12. The molecule has 0 saturated carbocycles. The zero-order valence-electron chi connectivity index (χ0n) is 10.1. The largest absolute Gasteiger partial charge is 0.252 e. The number of rotatable bonds is 0. The molecule has 0 unspecified atom stereocenters. The van der Waals surface area contributed by atoms with Crippen LogP contribution in [0.1, 0.15) is 32.0 Å². The maximum Gasteiger partial charge on any atom is 0.0708 e. The van der Waals surface area contributed by atoms with Gasteiger partial charge in [-0.25, -0.2) is 0 Å². The second-order valence-electron chi connectivity index (χ2n) is 5.24. The van der Waals surface area contributed by atoms with Gasteiger partial charge in [-0.1, -0.05) is 20.8 Å². The molecular weight excluding hydrogens is 309 g/mol. The van der Waals surface area contributed by atoms with Crippen molar-refractivity contribution in [3.05, 3.63) is 39.1 Å². The Morgan fingerprint density at radius 2 is 1.81 bits per heavy atom. The van der Waals surface area contributed by atoms with Gasteiger partial charge in [0.2, 0.25) is 0 Å². The van der Waals surface area contributed by atoms with E-state index in [9.17, 15) is 0 Å². The molecule has 2 rings (SSSR count). The van der Waals surface area contributed by atoms with Gasteiger partial charge < -0.3 is 0 Å². The van der Waals surface area contributed by atoms with Crippen LogP contribution in [0.3, 0.4) is 0 Å². The lowest BCUT2D eigenvalue weighted by molar-refractivity contribution is 0.571. The number of hydrogen-bond donors (Lipinski definition) is 0. The molecule has 0 fully saturated rings. The molecule has 1 heterocycles. The van der Waals surface area contributed by atoms with Crippen molar-refractivity contribution in [3.63, 3.8) is 0 Å². The molecule has 0 radical (unpaired) electrons. The summed E-state index contributed by atoms with van der Waals surface area (Å²) in [6.45, 7) is 8.77. The Kier molecular flexibility index (Phi) is 2.95. The molecule has 84 valence electrons. The lowest BCUT2D eigenvalue weighted by Gasteiger charge is -2.19. The van der Waals surface area contributed by atoms with Gasteiger partial charge in [0.15, 0.2) is 0 Å². The maximum absolute atomic E-state index is 4.75. The molecule has 0 aliphatic rings. The van der Waals surface area contributed by atoms with E-state index in [-0.39, 0.29) is 5.41 Å². The number of aromatic nitrogens is 1. The van der Waals surface area contributed by atoms with Gasteiger partial charge in [0, 0.05) is 20.1 Å². The van der Waals surface area contributed by atoms with Gasteiger partial charge in [-0.05, 0) is 59.3 Å². The molecule has 0 atom stereocenters. The van der Waals surface area contributed by atoms with Crippen LogP contribution in [0.25, 0.3) is 10.9 Å². The van der Waals surface area contributed by atoms with E-state index in [4.69, 9.17) is 4.98 Å². The zero-order valence-corrected chi connectivity index (χ0v) is 12.3. The summed E-state index contributed by atoms with van der Waals surface area (Å²) >= 11 is 2.34. The van der Waals surface area contributed by atoms with Crippen LogP contribution in [-0.4, -0.2) is 4.98 Å². The van der Waals surface area contributed by atoms with Crippen LogP contribution in [0.5, 0.6) is 0 Å². The first-order chi connectivity index (χ1) is 7.38. The average molecular weight is 325 g/mol. The van der Waals surface area contributed by atoms with E-state index in [0.717, 1.165) is 5.52 Å². The van der Waals surface area contributed by atoms with Crippen LogP contribution >= 0.6 is 22.6 Å². The van der Waals surface area contributed by atoms with Crippen molar-refractivity contribution in [1.82, 2.24) is 4.98 Å². The minimum absolute atomic E-state index is 0.113. The third-order valence-electron chi connectivity index (χ3n) is 2.75. The molecule has 0 N–H and O–H groups in total. The quantitative estimate of drug-likeness (QED) is 0.652. The third-order valence-corrected chi connectivity index (χ3v) is 3.42. The highest BCUT2D eigenvalue weighted by atomic mass is 127. The van der Waals surface area contributed by atoms with Crippen LogP contribution in [-0.2, 0) is 5.41 Å². The fourth-order valence-corrected chi connectivity index (χ4v) is 2.24. The minimum atomic E-state index is 0.113. The number of pyridine rings is 1. The maximum atomic E-state index is 4.75. The average Bonchev–Trinajstić information content (AvgIpc) is 2.17. The summed E-state index contributed by atoms with van der Waals surface area (Å²) in [6.07, 6.45) is 0. The molecular formula is C14H16IN. The van der Waals surface area contributed by atoms with Crippen molar-refractivity contribution in [3.8, 4) is 0 Å². The van der Waals surface area contributed by atoms with E-state index in [0.29, 0.717) is 0 Å². The molecule has 16 heavy (non-hydrogen) atoms. The molecule has 0 saturated heterocycles. The van der Waals surface area contributed by atoms with Crippen LogP contribution in [0.2, 0.25) is 0 Å². The number of benzene rings is 1. The fourth-order valence-electron chi connectivity index (χ4n) is 1.75. The van der Waals surface area contributed by atoms with Crippen molar-refractivity contribution in [2.45, 2.75) is 33.1 Å². The Balaban J connectivity index is 2.74. The van der Waals surface area contributed by atoms with Gasteiger partial charge in [-0.3, -0.25) is 4.98 Å². The minimum Gasteiger partial charge on any atom is -0.252 e. The Bertz CT molecular complexity index is 538. The molecule has 1 aromatic carbocycles. The van der Waals surface area contributed by atoms with E-state index in [2.05, 4.69) is 74.6 Å². The molecule has 2 heteroatoms. The van der Waals surface area contributed by atoms with Gasteiger partial charge in [0.25, 0.3) is 0 Å². The lowest BCUT2D eigenvalue weighted by atomic mass is 9.90. The standard InChI is InChI=1S/C14H16IN/c1-9-7-13(14(2,3)4)16-12-6-5-10(15)8-11(9)12/h5-8H,1-4H3. The summed E-state index contributed by atoms with van der Waals surface area (Å²) in [6, 6.07) is 8.63. The van der Waals surface area contributed by atoms with Crippen LogP contribution in [0, 0.1) is 10.5 Å². The molecule has 0 amide bonds. The number of aryl methyl sites for hydroxylation is 1. The van der Waals surface area contributed by atoms with Gasteiger partial charge in [-0.2, -0.15) is 0 Å². The Hall–Kier alpha value is -0.640. The van der Waals surface area contributed by atoms with Crippen LogP contribution < -0.4 is 0 Å². The van der Waals surface area contributed by atoms with Crippen molar-refractivity contribution in [2.75, 3.05) is 0 Å². The van der Waals surface area contributed by atoms with E-state index < -0.39 is 0 Å². The zero-order chi connectivity index (χ0) is 11.9. The van der Waals surface area contributed by atoms with Crippen molar-refractivity contribution >= 4 is 33.5 Å². The van der Waals surface area contributed by atoms with Gasteiger partial charge >= 0.3 is 0 Å². The fraction of sp³-hybridized carbons (Fsp3) is 0.357. The summed E-state index contributed by atoms with van der Waals surface area (Å²) in [4.78, 5) is 4.75. The van der Waals surface area contributed by atoms with Crippen molar-refractivity contribution < 1.29 is 0 Å². The highest BCUT2D eigenvalue weighted by Crippen LogP contribution is 2.26. The highest BCUT2D eigenvalue weighted by molar-refractivity contribution is 14.1. The molecule has 1 nitrogen and oxygen atoms in total. The summed E-state index contributed by atoms with van der Waals surface area (Å²) in [5.74, 6) is 0. The summed E-state index contributed by atoms with van der Waals surface area (Å²) in [7, 11) is 0. The molecule has 0 aliphatic heterocycles. The molecule has 2 aromatic rings. The topological polar surface area (TPSA) is 12.9 Å². The number of nitrogens with zero attached hydrogens (tertiary/aromatic N) is 1. The van der Waals surface area contributed by atoms with Crippen LogP contribution in [0.15, 0.2) is 24.3 Å². The molecule has 1 aromatic heterocycles. The van der Waals surface area contributed by atoms with E-state index >= 15 is 0 Å². The molecule has 0 spiro atoms. The summed E-state index contributed by atoms with van der Waals surface area (Å²) < 4.78 is 1.26.